The number of para-hydroxylation sites is 1. The standard InChI is InChI=1S/C20H20O5/c1-14(21)15-8-10-16(11-9-15)25-20(22)18-6-2-3-7-19(18)24-13-17-5-4-12-23-17/h2-3,6-11,17H,4-5,12-13H2,1H3/t17-/m0/s1. The molecule has 5 nitrogen and oxygen atoms in total. The number of carbonyl (C=O) groups is 2. The van der Waals surface area contributed by atoms with Crippen LogP contribution in [0.1, 0.15) is 40.5 Å². The SMILES string of the molecule is CC(=O)c1ccc(OC(=O)c2ccccc2OC[C@@H]2CCCO2)cc1. The highest BCUT2D eigenvalue weighted by Crippen LogP contribution is 2.22. The topological polar surface area (TPSA) is 61.8 Å². The van der Waals surface area contributed by atoms with Crippen LogP contribution in [0.3, 0.4) is 0 Å². The Morgan fingerprint density at radius 3 is 2.56 bits per heavy atom. The first kappa shape index (κ1) is 17.2. The molecule has 2 aromatic rings. The molecular weight excluding hydrogens is 320 g/mol. The molecule has 1 heterocycles. The van der Waals surface area contributed by atoms with Gasteiger partial charge in [0, 0.05) is 12.2 Å². The summed E-state index contributed by atoms with van der Waals surface area (Å²) in [6.07, 6.45) is 2.08. The largest absolute Gasteiger partial charge is 0.490 e. The fraction of sp³-hybridized carbons (Fsp3) is 0.300. The highest BCUT2D eigenvalue weighted by Gasteiger charge is 2.19. The highest BCUT2D eigenvalue weighted by molar-refractivity contribution is 5.95. The van der Waals surface area contributed by atoms with Crippen molar-refractivity contribution in [2.24, 2.45) is 0 Å². The predicted molar refractivity (Wildman–Crippen MR) is 92.3 cm³/mol. The first-order valence-corrected chi connectivity index (χ1v) is 8.30. The maximum absolute atomic E-state index is 12.4. The maximum Gasteiger partial charge on any atom is 0.347 e. The molecule has 3 rings (SSSR count). The molecule has 1 aliphatic heterocycles. The molecule has 0 amide bonds. The van der Waals surface area contributed by atoms with Crippen LogP contribution in [-0.4, -0.2) is 31.1 Å². The number of rotatable bonds is 6. The normalized spacial score (nSPS) is 16.4. The van der Waals surface area contributed by atoms with E-state index < -0.39 is 5.97 Å². The molecule has 2 aromatic carbocycles. The lowest BCUT2D eigenvalue weighted by Gasteiger charge is -2.14. The lowest BCUT2D eigenvalue weighted by atomic mass is 10.1. The van der Waals surface area contributed by atoms with E-state index in [1.807, 2.05) is 6.07 Å². The molecule has 0 aromatic heterocycles. The summed E-state index contributed by atoms with van der Waals surface area (Å²) in [6.45, 7) is 2.66. The summed E-state index contributed by atoms with van der Waals surface area (Å²) in [7, 11) is 0. The number of Topliss-reactive ketones (excluding diaryl/α,β-unsaturated/α-hetero) is 1. The molecule has 0 N–H and O–H groups in total. The lowest BCUT2D eigenvalue weighted by Crippen LogP contribution is -2.18. The molecule has 0 spiro atoms. The average molecular weight is 340 g/mol. The first-order chi connectivity index (χ1) is 12.1. The molecular formula is C20H20O5. The van der Waals surface area contributed by atoms with Crippen LogP contribution in [0.15, 0.2) is 48.5 Å². The zero-order valence-corrected chi connectivity index (χ0v) is 14.1. The van der Waals surface area contributed by atoms with Crippen LogP contribution in [0.2, 0.25) is 0 Å². The second-order valence-corrected chi connectivity index (χ2v) is 5.91. The Morgan fingerprint density at radius 1 is 1.12 bits per heavy atom. The van der Waals surface area contributed by atoms with Gasteiger partial charge >= 0.3 is 5.97 Å². The molecule has 1 atom stereocenters. The van der Waals surface area contributed by atoms with Gasteiger partial charge in [-0.15, -0.1) is 0 Å². The van der Waals surface area contributed by atoms with E-state index in [0.29, 0.717) is 29.2 Å². The smallest absolute Gasteiger partial charge is 0.347 e. The summed E-state index contributed by atoms with van der Waals surface area (Å²) in [5.41, 5.74) is 0.927. The summed E-state index contributed by atoms with van der Waals surface area (Å²) in [5.74, 6) is 0.316. The molecule has 1 aliphatic rings. The lowest BCUT2D eigenvalue weighted by molar-refractivity contribution is 0.0644. The summed E-state index contributed by atoms with van der Waals surface area (Å²) in [6, 6.07) is 13.4. The fourth-order valence-electron chi connectivity index (χ4n) is 2.64. The van der Waals surface area contributed by atoms with E-state index in [1.165, 1.54) is 6.92 Å². The van der Waals surface area contributed by atoms with E-state index >= 15 is 0 Å². The minimum Gasteiger partial charge on any atom is -0.490 e. The van der Waals surface area contributed by atoms with E-state index in [-0.39, 0.29) is 11.9 Å². The number of ether oxygens (including phenoxy) is 3. The summed E-state index contributed by atoms with van der Waals surface area (Å²) in [5, 5.41) is 0. The van der Waals surface area contributed by atoms with Gasteiger partial charge in [0.2, 0.25) is 0 Å². The number of benzene rings is 2. The highest BCUT2D eigenvalue weighted by atomic mass is 16.5. The quantitative estimate of drug-likeness (QED) is 0.456. The van der Waals surface area contributed by atoms with Crippen molar-refractivity contribution >= 4 is 11.8 Å². The van der Waals surface area contributed by atoms with Crippen molar-refractivity contribution in [3.63, 3.8) is 0 Å². The Balaban J connectivity index is 1.67. The van der Waals surface area contributed by atoms with E-state index in [1.54, 1.807) is 42.5 Å². The van der Waals surface area contributed by atoms with E-state index in [4.69, 9.17) is 14.2 Å². The Labute approximate surface area is 146 Å². The third-order valence-electron chi connectivity index (χ3n) is 4.03. The molecule has 0 bridgehead atoms. The fourth-order valence-corrected chi connectivity index (χ4v) is 2.64. The van der Waals surface area contributed by atoms with Gasteiger partial charge in [-0.05, 0) is 56.2 Å². The Morgan fingerprint density at radius 2 is 1.88 bits per heavy atom. The van der Waals surface area contributed by atoms with Crippen molar-refractivity contribution in [1.29, 1.82) is 0 Å². The number of hydrogen-bond donors (Lipinski definition) is 0. The van der Waals surface area contributed by atoms with Gasteiger partial charge in [-0.25, -0.2) is 4.79 Å². The zero-order valence-electron chi connectivity index (χ0n) is 14.1. The number of hydrogen-bond acceptors (Lipinski definition) is 5. The minimum atomic E-state index is -0.501. The number of carbonyl (C=O) groups excluding carboxylic acids is 2. The zero-order chi connectivity index (χ0) is 17.6. The summed E-state index contributed by atoms with van der Waals surface area (Å²) >= 11 is 0. The Kier molecular flexibility index (Phi) is 5.46. The van der Waals surface area contributed by atoms with Crippen molar-refractivity contribution in [3.05, 3.63) is 59.7 Å². The van der Waals surface area contributed by atoms with Crippen molar-refractivity contribution < 1.29 is 23.8 Å². The van der Waals surface area contributed by atoms with E-state index in [9.17, 15) is 9.59 Å². The molecule has 1 saturated heterocycles. The summed E-state index contributed by atoms with van der Waals surface area (Å²) < 4.78 is 16.7. The van der Waals surface area contributed by atoms with Gasteiger partial charge in [-0.3, -0.25) is 4.79 Å². The molecule has 1 fully saturated rings. The van der Waals surface area contributed by atoms with Crippen LogP contribution < -0.4 is 9.47 Å². The first-order valence-electron chi connectivity index (χ1n) is 8.30. The van der Waals surface area contributed by atoms with Crippen LogP contribution >= 0.6 is 0 Å². The second kappa shape index (κ2) is 7.94. The predicted octanol–water partition coefficient (Wildman–Crippen LogP) is 3.67. The van der Waals surface area contributed by atoms with Crippen LogP contribution in [0.4, 0.5) is 0 Å². The average Bonchev–Trinajstić information content (AvgIpc) is 3.14. The third kappa shape index (κ3) is 4.45. The maximum atomic E-state index is 12.4. The van der Waals surface area contributed by atoms with Crippen molar-refractivity contribution in [2.75, 3.05) is 13.2 Å². The van der Waals surface area contributed by atoms with Crippen LogP contribution in [0, 0.1) is 0 Å². The van der Waals surface area contributed by atoms with E-state index in [0.717, 1.165) is 19.4 Å². The van der Waals surface area contributed by atoms with Crippen molar-refractivity contribution in [3.8, 4) is 11.5 Å². The van der Waals surface area contributed by atoms with Crippen LogP contribution in [0.5, 0.6) is 11.5 Å². The van der Waals surface area contributed by atoms with E-state index in [2.05, 4.69) is 0 Å². The molecule has 0 unspecified atom stereocenters. The Hall–Kier alpha value is -2.66. The monoisotopic (exact) mass is 340 g/mol. The van der Waals surface area contributed by atoms with Crippen molar-refractivity contribution in [1.82, 2.24) is 0 Å². The minimum absolute atomic E-state index is 0.0363. The molecule has 0 aliphatic carbocycles. The van der Waals surface area contributed by atoms with Gasteiger partial charge in [0.1, 0.15) is 23.7 Å². The number of esters is 1. The van der Waals surface area contributed by atoms with Gasteiger partial charge < -0.3 is 14.2 Å². The van der Waals surface area contributed by atoms with Gasteiger partial charge in [0.05, 0.1) is 6.10 Å². The molecule has 0 radical (unpaired) electrons. The van der Waals surface area contributed by atoms with Gasteiger partial charge in [-0.2, -0.15) is 0 Å². The molecule has 5 heteroatoms. The summed E-state index contributed by atoms with van der Waals surface area (Å²) in [4.78, 5) is 23.7. The van der Waals surface area contributed by atoms with Gasteiger partial charge in [-0.1, -0.05) is 12.1 Å². The third-order valence-corrected chi connectivity index (χ3v) is 4.03. The van der Waals surface area contributed by atoms with Crippen molar-refractivity contribution in [2.45, 2.75) is 25.9 Å². The Bertz CT molecular complexity index is 745. The molecule has 0 saturated carbocycles. The van der Waals surface area contributed by atoms with Crippen LogP contribution in [0.25, 0.3) is 0 Å². The second-order valence-electron chi connectivity index (χ2n) is 5.91. The van der Waals surface area contributed by atoms with Gasteiger partial charge in [0.25, 0.3) is 0 Å². The molecule has 130 valence electrons. The van der Waals surface area contributed by atoms with Crippen LogP contribution in [-0.2, 0) is 4.74 Å². The van der Waals surface area contributed by atoms with Gasteiger partial charge in [0.15, 0.2) is 5.78 Å². The number of ketones is 1. The molecule has 25 heavy (non-hydrogen) atoms.